The van der Waals surface area contributed by atoms with Crippen molar-refractivity contribution in [3.8, 4) is 0 Å². The Labute approximate surface area is 89.9 Å². The van der Waals surface area contributed by atoms with Gasteiger partial charge in [0, 0.05) is 23.5 Å². The first-order valence-corrected chi connectivity index (χ1v) is 5.49. The van der Waals surface area contributed by atoms with Crippen molar-refractivity contribution in [2.24, 2.45) is 0 Å². The molecule has 15 heavy (non-hydrogen) atoms. The highest BCUT2D eigenvalue weighted by Crippen LogP contribution is 2.18. The first kappa shape index (κ1) is 10.1. The molecule has 1 amide bonds. The maximum atomic E-state index is 11.8. The Morgan fingerprint density at radius 2 is 2.20 bits per heavy atom. The average molecular weight is 204 g/mol. The highest BCUT2D eigenvalue weighted by molar-refractivity contribution is 5.94. The van der Waals surface area contributed by atoms with Crippen LogP contribution in [-0.4, -0.2) is 16.9 Å². The number of nitrogens with one attached hydrogen (secondary N) is 1. The molecule has 1 aromatic heterocycles. The van der Waals surface area contributed by atoms with E-state index in [4.69, 9.17) is 0 Å². The van der Waals surface area contributed by atoms with Crippen molar-refractivity contribution in [2.45, 2.75) is 38.6 Å². The highest BCUT2D eigenvalue weighted by Gasteiger charge is 2.17. The molecule has 1 saturated carbocycles. The normalized spacial score (nSPS) is 16.6. The number of nitrogens with zero attached hydrogens (tertiary/aromatic N) is 1. The zero-order valence-electron chi connectivity index (χ0n) is 8.99. The molecule has 0 radical (unpaired) electrons. The van der Waals surface area contributed by atoms with Crippen LogP contribution in [0.25, 0.3) is 0 Å². The fourth-order valence-electron chi connectivity index (χ4n) is 2.03. The van der Waals surface area contributed by atoms with Crippen molar-refractivity contribution in [1.29, 1.82) is 0 Å². The van der Waals surface area contributed by atoms with Crippen molar-refractivity contribution in [2.75, 3.05) is 0 Å². The topological polar surface area (TPSA) is 42.0 Å². The quantitative estimate of drug-likeness (QED) is 0.801. The molecule has 80 valence electrons. The van der Waals surface area contributed by atoms with Gasteiger partial charge < -0.3 is 5.32 Å². The van der Waals surface area contributed by atoms with Gasteiger partial charge in [-0.05, 0) is 31.9 Å². The molecule has 1 aliphatic rings. The third-order valence-electron chi connectivity index (χ3n) is 2.85. The molecular formula is C12H16N2O. The van der Waals surface area contributed by atoms with Crippen molar-refractivity contribution in [1.82, 2.24) is 10.3 Å². The first-order valence-electron chi connectivity index (χ1n) is 5.49. The van der Waals surface area contributed by atoms with Crippen LogP contribution in [0.15, 0.2) is 18.3 Å². The molecule has 0 bridgehead atoms. The van der Waals surface area contributed by atoms with Crippen LogP contribution in [0.1, 0.15) is 41.7 Å². The number of carbonyl (C=O) groups is 1. The second-order valence-electron chi connectivity index (χ2n) is 4.14. The molecule has 2 rings (SSSR count). The van der Waals surface area contributed by atoms with Crippen LogP contribution < -0.4 is 5.32 Å². The Balaban J connectivity index is 2.01. The summed E-state index contributed by atoms with van der Waals surface area (Å²) in [5.41, 5.74) is 1.60. The van der Waals surface area contributed by atoms with E-state index in [0.717, 1.165) is 24.1 Å². The number of rotatable bonds is 2. The first-order chi connectivity index (χ1) is 7.25. The van der Waals surface area contributed by atoms with Crippen LogP contribution in [0.4, 0.5) is 0 Å². The van der Waals surface area contributed by atoms with E-state index >= 15 is 0 Å². The smallest absolute Gasteiger partial charge is 0.251 e. The van der Waals surface area contributed by atoms with E-state index < -0.39 is 0 Å². The van der Waals surface area contributed by atoms with Crippen molar-refractivity contribution in [3.05, 3.63) is 29.6 Å². The molecular weight excluding hydrogens is 188 g/mol. The fraction of sp³-hybridized carbons (Fsp3) is 0.500. The largest absolute Gasteiger partial charge is 0.349 e. The van der Waals surface area contributed by atoms with Crippen LogP contribution in [0.3, 0.4) is 0 Å². The molecule has 1 N–H and O–H groups in total. The molecule has 1 aliphatic carbocycles. The molecule has 3 heteroatoms. The summed E-state index contributed by atoms with van der Waals surface area (Å²) in [5.74, 6) is 0.0346. The van der Waals surface area contributed by atoms with Crippen LogP contribution in [-0.2, 0) is 0 Å². The summed E-state index contributed by atoms with van der Waals surface area (Å²) in [7, 11) is 0. The van der Waals surface area contributed by atoms with Crippen LogP contribution in [0, 0.1) is 6.92 Å². The summed E-state index contributed by atoms with van der Waals surface area (Å²) in [5, 5.41) is 3.06. The molecule has 0 spiro atoms. The lowest BCUT2D eigenvalue weighted by molar-refractivity contribution is 0.0937. The van der Waals surface area contributed by atoms with Crippen molar-refractivity contribution in [3.63, 3.8) is 0 Å². The Bertz CT molecular complexity index is 356. The second-order valence-corrected chi connectivity index (χ2v) is 4.14. The van der Waals surface area contributed by atoms with Gasteiger partial charge in [0.25, 0.3) is 5.91 Å². The predicted octanol–water partition coefficient (Wildman–Crippen LogP) is 2.06. The number of hydrogen-bond donors (Lipinski definition) is 1. The number of amides is 1. The third kappa shape index (κ3) is 2.55. The number of aromatic nitrogens is 1. The number of carbonyl (C=O) groups excluding carboxylic acids is 1. The van der Waals surface area contributed by atoms with Crippen LogP contribution in [0.2, 0.25) is 0 Å². The molecule has 0 aliphatic heterocycles. The van der Waals surface area contributed by atoms with Gasteiger partial charge in [-0.1, -0.05) is 12.8 Å². The zero-order chi connectivity index (χ0) is 10.7. The van der Waals surface area contributed by atoms with Crippen molar-refractivity contribution < 1.29 is 4.79 Å². The minimum absolute atomic E-state index is 0.0346. The van der Waals surface area contributed by atoms with Gasteiger partial charge in [-0.15, -0.1) is 0 Å². The summed E-state index contributed by atoms with van der Waals surface area (Å²) in [6.45, 7) is 1.90. The molecule has 1 fully saturated rings. The fourth-order valence-corrected chi connectivity index (χ4v) is 2.03. The Morgan fingerprint density at radius 1 is 1.47 bits per heavy atom. The Kier molecular flexibility index (Phi) is 2.99. The SMILES string of the molecule is Cc1cc(C(=O)NC2CCCC2)ccn1. The Morgan fingerprint density at radius 3 is 2.87 bits per heavy atom. The molecule has 3 nitrogen and oxygen atoms in total. The molecule has 0 atom stereocenters. The average Bonchev–Trinajstić information content (AvgIpc) is 2.70. The van der Waals surface area contributed by atoms with E-state index in [1.54, 1.807) is 12.3 Å². The monoisotopic (exact) mass is 204 g/mol. The van der Waals surface area contributed by atoms with Crippen LogP contribution in [0.5, 0.6) is 0 Å². The van der Waals surface area contributed by atoms with Gasteiger partial charge >= 0.3 is 0 Å². The van der Waals surface area contributed by atoms with Gasteiger partial charge in [0.05, 0.1) is 0 Å². The van der Waals surface area contributed by atoms with Crippen molar-refractivity contribution >= 4 is 5.91 Å². The molecule has 1 aromatic rings. The zero-order valence-corrected chi connectivity index (χ0v) is 8.99. The lowest BCUT2D eigenvalue weighted by atomic mass is 10.2. The number of hydrogen-bond acceptors (Lipinski definition) is 2. The molecule has 1 heterocycles. The van der Waals surface area contributed by atoms with E-state index in [-0.39, 0.29) is 5.91 Å². The molecule has 0 aromatic carbocycles. The van der Waals surface area contributed by atoms with Gasteiger partial charge in [0.2, 0.25) is 0 Å². The van der Waals surface area contributed by atoms with Gasteiger partial charge in [0.1, 0.15) is 0 Å². The standard InChI is InChI=1S/C12H16N2O/c1-9-8-10(6-7-13-9)12(15)14-11-4-2-3-5-11/h6-8,11H,2-5H2,1H3,(H,14,15). The summed E-state index contributed by atoms with van der Waals surface area (Å²) in [6, 6.07) is 3.97. The summed E-state index contributed by atoms with van der Waals surface area (Å²) < 4.78 is 0. The second kappa shape index (κ2) is 4.43. The Hall–Kier alpha value is -1.38. The van der Waals surface area contributed by atoms with E-state index in [1.165, 1.54) is 12.8 Å². The number of pyridine rings is 1. The minimum atomic E-state index is 0.0346. The summed E-state index contributed by atoms with van der Waals surface area (Å²) in [4.78, 5) is 15.9. The van der Waals surface area contributed by atoms with E-state index in [0.29, 0.717) is 6.04 Å². The lowest BCUT2D eigenvalue weighted by Crippen LogP contribution is -2.32. The van der Waals surface area contributed by atoms with Gasteiger partial charge in [-0.25, -0.2) is 0 Å². The predicted molar refractivity (Wildman–Crippen MR) is 58.7 cm³/mol. The maximum absolute atomic E-state index is 11.8. The van der Waals surface area contributed by atoms with Gasteiger partial charge in [0.15, 0.2) is 0 Å². The minimum Gasteiger partial charge on any atom is -0.349 e. The summed E-state index contributed by atoms with van der Waals surface area (Å²) in [6.07, 6.45) is 6.39. The van der Waals surface area contributed by atoms with E-state index in [1.807, 2.05) is 13.0 Å². The third-order valence-corrected chi connectivity index (χ3v) is 2.85. The lowest BCUT2D eigenvalue weighted by Gasteiger charge is -2.11. The van der Waals surface area contributed by atoms with E-state index in [9.17, 15) is 4.79 Å². The van der Waals surface area contributed by atoms with Gasteiger partial charge in [-0.3, -0.25) is 9.78 Å². The maximum Gasteiger partial charge on any atom is 0.251 e. The number of aryl methyl sites for hydroxylation is 1. The molecule has 0 saturated heterocycles. The van der Waals surface area contributed by atoms with E-state index in [2.05, 4.69) is 10.3 Å². The molecule has 0 unspecified atom stereocenters. The summed E-state index contributed by atoms with van der Waals surface area (Å²) >= 11 is 0. The highest BCUT2D eigenvalue weighted by atomic mass is 16.1. The van der Waals surface area contributed by atoms with Crippen LogP contribution >= 0.6 is 0 Å². The van der Waals surface area contributed by atoms with Gasteiger partial charge in [-0.2, -0.15) is 0 Å².